The molecule has 0 aliphatic rings. The van der Waals surface area contributed by atoms with E-state index >= 15 is 0 Å². The highest BCUT2D eigenvalue weighted by Gasteiger charge is 2.23. The molecular formula is C10H14N6O2. The molecule has 96 valence electrons. The Labute approximate surface area is 103 Å². The van der Waals surface area contributed by atoms with Crippen molar-refractivity contribution >= 4 is 11.6 Å². The van der Waals surface area contributed by atoms with Crippen molar-refractivity contribution in [1.29, 1.82) is 0 Å². The fourth-order valence-electron chi connectivity index (χ4n) is 1.71. The number of aromatic nitrogens is 4. The number of H-pyrrole nitrogens is 1. The second-order valence-electron chi connectivity index (χ2n) is 3.86. The van der Waals surface area contributed by atoms with E-state index in [9.17, 15) is 10.1 Å². The van der Waals surface area contributed by atoms with E-state index in [4.69, 9.17) is 0 Å². The molecule has 1 atom stereocenters. The molecule has 2 aromatic heterocycles. The van der Waals surface area contributed by atoms with Gasteiger partial charge in [0.2, 0.25) is 12.1 Å². The van der Waals surface area contributed by atoms with Gasteiger partial charge in [-0.2, -0.15) is 0 Å². The molecule has 8 nitrogen and oxygen atoms in total. The second-order valence-corrected chi connectivity index (χ2v) is 3.86. The Morgan fingerprint density at radius 1 is 1.61 bits per heavy atom. The van der Waals surface area contributed by atoms with Gasteiger partial charge in [-0.3, -0.25) is 4.57 Å². The number of nitrogens with one attached hydrogen (secondary N) is 2. The monoisotopic (exact) mass is 250 g/mol. The zero-order valence-corrected chi connectivity index (χ0v) is 10.1. The Kier molecular flexibility index (Phi) is 3.26. The highest BCUT2D eigenvalue weighted by atomic mass is 16.6. The lowest BCUT2D eigenvalue weighted by molar-refractivity contribution is -0.388. The van der Waals surface area contributed by atoms with Crippen molar-refractivity contribution < 1.29 is 4.92 Å². The Morgan fingerprint density at radius 2 is 2.39 bits per heavy atom. The minimum Gasteiger partial charge on any atom is -0.358 e. The van der Waals surface area contributed by atoms with Gasteiger partial charge < -0.3 is 20.4 Å². The number of nitrogens with zero attached hydrogens (tertiary/aromatic N) is 4. The first kappa shape index (κ1) is 12.1. The first-order valence-electron chi connectivity index (χ1n) is 5.55. The molecule has 0 fully saturated rings. The summed E-state index contributed by atoms with van der Waals surface area (Å²) in [6.45, 7) is 1.97. The topological polar surface area (TPSA) is 102 Å². The first-order valence-corrected chi connectivity index (χ1v) is 5.55. The minimum atomic E-state index is -0.503. The maximum absolute atomic E-state index is 10.9. The highest BCUT2D eigenvalue weighted by molar-refractivity contribution is 5.53. The number of nitro groups is 1. The first-order chi connectivity index (χ1) is 8.63. The molecule has 0 spiro atoms. The van der Waals surface area contributed by atoms with Gasteiger partial charge in [0.05, 0.1) is 6.04 Å². The quantitative estimate of drug-likeness (QED) is 0.620. The molecule has 18 heavy (non-hydrogen) atoms. The van der Waals surface area contributed by atoms with Gasteiger partial charge in [0, 0.05) is 19.4 Å². The number of hydrogen-bond acceptors (Lipinski definition) is 5. The summed E-state index contributed by atoms with van der Waals surface area (Å²) >= 11 is 0. The van der Waals surface area contributed by atoms with E-state index in [2.05, 4.69) is 20.3 Å². The van der Waals surface area contributed by atoms with Crippen molar-refractivity contribution in [1.82, 2.24) is 19.5 Å². The van der Waals surface area contributed by atoms with E-state index in [-0.39, 0.29) is 11.9 Å². The van der Waals surface area contributed by atoms with Crippen LogP contribution < -0.4 is 5.32 Å². The SMILES string of the molecule is CCC(Nc1c([N+](=O)[O-])ncn1C)c1ncc[nH]1. The highest BCUT2D eigenvalue weighted by Crippen LogP contribution is 2.26. The summed E-state index contributed by atoms with van der Waals surface area (Å²) in [5.74, 6) is 0.943. The third-order valence-corrected chi connectivity index (χ3v) is 2.66. The number of anilines is 1. The summed E-state index contributed by atoms with van der Waals surface area (Å²) < 4.78 is 1.59. The van der Waals surface area contributed by atoms with Crippen LogP contribution in [-0.2, 0) is 7.05 Å². The van der Waals surface area contributed by atoms with Crippen LogP contribution in [-0.4, -0.2) is 24.4 Å². The lowest BCUT2D eigenvalue weighted by Crippen LogP contribution is -2.14. The fraction of sp³-hybridized carbons (Fsp3) is 0.400. The van der Waals surface area contributed by atoms with Gasteiger partial charge in [0.15, 0.2) is 0 Å². The van der Waals surface area contributed by atoms with E-state index in [0.717, 1.165) is 12.2 Å². The summed E-state index contributed by atoms with van der Waals surface area (Å²) in [6, 6.07) is -0.117. The molecule has 0 radical (unpaired) electrons. The second kappa shape index (κ2) is 4.86. The molecule has 0 amide bonds. The van der Waals surface area contributed by atoms with E-state index in [1.54, 1.807) is 24.0 Å². The van der Waals surface area contributed by atoms with Crippen LogP contribution in [0.5, 0.6) is 0 Å². The molecule has 0 saturated carbocycles. The van der Waals surface area contributed by atoms with Crippen LogP contribution in [0, 0.1) is 10.1 Å². The standard InChI is InChI=1S/C10H14N6O2/c1-3-7(8-11-4-5-12-8)14-10-9(16(17)18)13-6-15(10)2/h4-7,14H,3H2,1-2H3,(H,11,12). The predicted octanol–water partition coefficient (Wildman–Crippen LogP) is 1.61. The largest absolute Gasteiger partial charge is 0.406 e. The Hall–Kier alpha value is -2.38. The van der Waals surface area contributed by atoms with Crippen LogP contribution in [0.2, 0.25) is 0 Å². The zero-order valence-electron chi connectivity index (χ0n) is 10.1. The van der Waals surface area contributed by atoms with Crippen LogP contribution in [0.4, 0.5) is 11.6 Å². The third kappa shape index (κ3) is 2.17. The van der Waals surface area contributed by atoms with Crippen LogP contribution in [0.3, 0.4) is 0 Å². The Bertz CT molecular complexity index is 533. The van der Waals surface area contributed by atoms with Crippen molar-refractivity contribution in [3.8, 4) is 0 Å². The summed E-state index contributed by atoms with van der Waals surface area (Å²) in [7, 11) is 1.71. The van der Waals surface area contributed by atoms with Gasteiger partial charge in [0.1, 0.15) is 5.82 Å². The number of aryl methyl sites for hydroxylation is 1. The van der Waals surface area contributed by atoms with Gasteiger partial charge in [-0.1, -0.05) is 6.92 Å². The van der Waals surface area contributed by atoms with Crippen molar-refractivity contribution in [2.75, 3.05) is 5.32 Å². The van der Waals surface area contributed by atoms with Crippen molar-refractivity contribution in [3.05, 3.63) is 34.7 Å². The smallest absolute Gasteiger partial charge is 0.358 e. The lowest BCUT2D eigenvalue weighted by atomic mass is 10.2. The molecule has 0 aliphatic carbocycles. The van der Waals surface area contributed by atoms with Crippen LogP contribution in [0.15, 0.2) is 18.7 Å². The molecule has 2 N–H and O–H groups in total. The van der Waals surface area contributed by atoms with Gasteiger partial charge >= 0.3 is 5.82 Å². The van der Waals surface area contributed by atoms with Crippen molar-refractivity contribution in [3.63, 3.8) is 0 Å². The third-order valence-electron chi connectivity index (χ3n) is 2.66. The molecule has 2 aromatic rings. The molecule has 0 saturated heterocycles. The van der Waals surface area contributed by atoms with Crippen LogP contribution >= 0.6 is 0 Å². The molecule has 2 heterocycles. The molecule has 1 unspecified atom stereocenters. The molecule has 0 bridgehead atoms. The minimum absolute atomic E-state index is 0.117. The van der Waals surface area contributed by atoms with Gasteiger partial charge in [-0.15, -0.1) is 0 Å². The average molecular weight is 250 g/mol. The maximum atomic E-state index is 10.9. The van der Waals surface area contributed by atoms with Crippen molar-refractivity contribution in [2.45, 2.75) is 19.4 Å². The molecular weight excluding hydrogens is 236 g/mol. The lowest BCUT2D eigenvalue weighted by Gasteiger charge is -2.15. The summed E-state index contributed by atoms with van der Waals surface area (Å²) in [4.78, 5) is 21.3. The zero-order chi connectivity index (χ0) is 13.1. The number of hydrogen-bond donors (Lipinski definition) is 2. The Balaban J connectivity index is 2.27. The summed E-state index contributed by atoms with van der Waals surface area (Å²) in [6.07, 6.45) is 5.53. The van der Waals surface area contributed by atoms with E-state index < -0.39 is 4.92 Å². The number of aromatic amines is 1. The number of imidazole rings is 2. The number of rotatable bonds is 5. The van der Waals surface area contributed by atoms with Crippen LogP contribution in [0.25, 0.3) is 0 Å². The fourth-order valence-corrected chi connectivity index (χ4v) is 1.71. The summed E-state index contributed by atoms with van der Waals surface area (Å²) in [5, 5.41) is 14.0. The van der Waals surface area contributed by atoms with Crippen molar-refractivity contribution in [2.24, 2.45) is 7.05 Å². The molecule has 0 aliphatic heterocycles. The van der Waals surface area contributed by atoms with E-state index in [1.807, 2.05) is 6.92 Å². The van der Waals surface area contributed by atoms with E-state index in [1.165, 1.54) is 6.33 Å². The maximum Gasteiger partial charge on any atom is 0.406 e. The van der Waals surface area contributed by atoms with Gasteiger partial charge in [-0.05, 0) is 16.3 Å². The van der Waals surface area contributed by atoms with Gasteiger partial charge in [-0.25, -0.2) is 4.98 Å². The summed E-state index contributed by atoms with van der Waals surface area (Å²) in [5.41, 5.74) is 0. The predicted molar refractivity (Wildman–Crippen MR) is 65.1 cm³/mol. The average Bonchev–Trinajstić information content (AvgIpc) is 2.96. The normalized spacial score (nSPS) is 12.3. The molecule has 2 rings (SSSR count). The molecule has 8 heteroatoms. The van der Waals surface area contributed by atoms with E-state index in [0.29, 0.717) is 5.82 Å². The molecule has 0 aromatic carbocycles. The Morgan fingerprint density at radius 3 is 2.94 bits per heavy atom. The van der Waals surface area contributed by atoms with Gasteiger partial charge in [0.25, 0.3) is 0 Å². The van der Waals surface area contributed by atoms with Crippen LogP contribution in [0.1, 0.15) is 25.2 Å².